The molecule has 0 aromatic heterocycles. The Kier molecular flexibility index (Phi) is 2.93. The van der Waals surface area contributed by atoms with Gasteiger partial charge in [-0.3, -0.25) is 4.79 Å². The van der Waals surface area contributed by atoms with Crippen LogP contribution in [0.15, 0.2) is 24.3 Å². The minimum atomic E-state index is -0.794. The molecule has 1 aromatic rings. The molecule has 0 unspecified atom stereocenters. The summed E-state index contributed by atoms with van der Waals surface area (Å²) in [5, 5.41) is 12.7. The van der Waals surface area contributed by atoms with E-state index in [-0.39, 0.29) is 5.92 Å². The molecule has 0 radical (unpaired) electrons. The van der Waals surface area contributed by atoms with Crippen LogP contribution < -0.4 is 5.32 Å². The van der Waals surface area contributed by atoms with Crippen LogP contribution in [0.2, 0.25) is 5.02 Å². The molecule has 0 amide bonds. The molecule has 1 aromatic carbocycles. The minimum Gasteiger partial charge on any atom is -0.480 e. The van der Waals surface area contributed by atoms with Crippen molar-refractivity contribution in [2.75, 3.05) is 6.54 Å². The number of hydrogen-bond acceptors (Lipinski definition) is 2. The Bertz CT molecular complexity index is 381. The average molecular weight is 226 g/mol. The summed E-state index contributed by atoms with van der Waals surface area (Å²) < 4.78 is 0. The lowest BCUT2D eigenvalue weighted by Gasteiger charge is -2.15. The molecular weight excluding hydrogens is 214 g/mol. The van der Waals surface area contributed by atoms with Crippen LogP contribution in [-0.2, 0) is 4.79 Å². The third-order valence-corrected chi connectivity index (χ3v) is 3.00. The molecule has 15 heavy (non-hydrogen) atoms. The van der Waals surface area contributed by atoms with Gasteiger partial charge in [-0.25, -0.2) is 0 Å². The standard InChI is InChI=1S/C11H12ClNO2/c12-8-3-1-2-7(6-8)9-4-5-13-10(9)11(14)15/h1-3,6,9-10,13H,4-5H2,(H,14,15)/t9-,10+/m1/s1. The molecule has 2 atom stereocenters. The average Bonchev–Trinajstić information content (AvgIpc) is 2.65. The SMILES string of the molecule is O=C(O)[C@H]1NCC[C@@H]1c1cccc(Cl)c1. The van der Waals surface area contributed by atoms with Crippen LogP contribution in [0.4, 0.5) is 0 Å². The normalized spacial score (nSPS) is 25.4. The molecule has 80 valence electrons. The number of halogens is 1. The highest BCUT2D eigenvalue weighted by atomic mass is 35.5. The number of benzene rings is 1. The van der Waals surface area contributed by atoms with Crippen molar-refractivity contribution >= 4 is 17.6 Å². The second-order valence-electron chi connectivity index (χ2n) is 3.72. The van der Waals surface area contributed by atoms with Gasteiger partial charge in [0.2, 0.25) is 0 Å². The summed E-state index contributed by atoms with van der Waals surface area (Å²) in [5.41, 5.74) is 1.000. The second kappa shape index (κ2) is 4.21. The smallest absolute Gasteiger partial charge is 0.321 e. The predicted octanol–water partition coefficient (Wildman–Crippen LogP) is 1.87. The van der Waals surface area contributed by atoms with Gasteiger partial charge in [0.15, 0.2) is 0 Å². The van der Waals surface area contributed by atoms with Crippen molar-refractivity contribution in [3.8, 4) is 0 Å². The van der Waals surface area contributed by atoms with Gasteiger partial charge in [0.25, 0.3) is 0 Å². The molecule has 0 spiro atoms. The van der Waals surface area contributed by atoms with Gasteiger partial charge in [0.1, 0.15) is 6.04 Å². The van der Waals surface area contributed by atoms with Crippen molar-refractivity contribution in [1.82, 2.24) is 5.32 Å². The summed E-state index contributed by atoms with van der Waals surface area (Å²) in [7, 11) is 0. The molecule has 0 aliphatic carbocycles. The zero-order chi connectivity index (χ0) is 10.8. The number of aliphatic carboxylic acids is 1. The number of hydrogen-bond donors (Lipinski definition) is 2. The zero-order valence-electron chi connectivity index (χ0n) is 8.11. The van der Waals surface area contributed by atoms with E-state index < -0.39 is 12.0 Å². The molecule has 1 saturated heterocycles. The lowest BCUT2D eigenvalue weighted by Crippen LogP contribution is -2.34. The van der Waals surface area contributed by atoms with E-state index >= 15 is 0 Å². The third kappa shape index (κ3) is 2.13. The summed E-state index contributed by atoms with van der Waals surface area (Å²) in [5.74, 6) is -0.765. The molecule has 4 heteroatoms. The second-order valence-corrected chi connectivity index (χ2v) is 4.16. The van der Waals surface area contributed by atoms with Gasteiger partial charge >= 0.3 is 5.97 Å². The molecule has 2 N–H and O–H groups in total. The van der Waals surface area contributed by atoms with Gasteiger partial charge in [-0.05, 0) is 30.7 Å². The van der Waals surface area contributed by atoms with E-state index in [1.54, 1.807) is 6.07 Å². The maximum atomic E-state index is 11.0. The Morgan fingerprint density at radius 3 is 3.00 bits per heavy atom. The van der Waals surface area contributed by atoms with E-state index in [4.69, 9.17) is 16.7 Å². The lowest BCUT2D eigenvalue weighted by molar-refractivity contribution is -0.139. The summed E-state index contributed by atoms with van der Waals surface area (Å²) >= 11 is 5.88. The lowest BCUT2D eigenvalue weighted by atomic mass is 9.92. The number of nitrogens with one attached hydrogen (secondary N) is 1. The van der Waals surface area contributed by atoms with Crippen molar-refractivity contribution in [3.63, 3.8) is 0 Å². The van der Waals surface area contributed by atoms with Crippen LogP contribution in [0, 0.1) is 0 Å². The quantitative estimate of drug-likeness (QED) is 0.808. The van der Waals surface area contributed by atoms with Crippen molar-refractivity contribution in [1.29, 1.82) is 0 Å². The Morgan fingerprint density at radius 1 is 1.53 bits per heavy atom. The van der Waals surface area contributed by atoms with Crippen LogP contribution in [0.25, 0.3) is 0 Å². The van der Waals surface area contributed by atoms with Gasteiger partial charge < -0.3 is 10.4 Å². The summed E-state index contributed by atoms with van der Waals surface area (Å²) in [6, 6.07) is 6.94. The van der Waals surface area contributed by atoms with E-state index in [1.807, 2.05) is 18.2 Å². The molecule has 1 aliphatic heterocycles. The molecule has 2 rings (SSSR count). The largest absolute Gasteiger partial charge is 0.480 e. The molecule has 3 nitrogen and oxygen atoms in total. The Balaban J connectivity index is 2.26. The van der Waals surface area contributed by atoms with E-state index in [9.17, 15) is 4.79 Å². The number of carboxylic acid groups (broad SMARTS) is 1. The van der Waals surface area contributed by atoms with Crippen LogP contribution in [0.1, 0.15) is 17.9 Å². The first-order valence-electron chi connectivity index (χ1n) is 4.90. The van der Waals surface area contributed by atoms with Gasteiger partial charge in [0, 0.05) is 10.9 Å². The number of rotatable bonds is 2. The fourth-order valence-electron chi connectivity index (χ4n) is 2.06. The molecule has 0 bridgehead atoms. The molecular formula is C11H12ClNO2. The highest BCUT2D eigenvalue weighted by Crippen LogP contribution is 2.29. The van der Waals surface area contributed by atoms with Gasteiger partial charge in [0.05, 0.1) is 0 Å². The summed E-state index contributed by atoms with van der Waals surface area (Å²) in [4.78, 5) is 11.0. The summed E-state index contributed by atoms with van der Waals surface area (Å²) in [6.45, 7) is 0.744. The van der Waals surface area contributed by atoms with Gasteiger partial charge in [-0.1, -0.05) is 23.7 Å². The van der Waals surface area contributed by atoms with Gasteiger partial charge in [-0.2, -0.15) is 0 Å². The predicted molar refractivity (Wildman–Crippen MR) is 58.2 cm³/mol. The minimum absolute atomic E-state index is 0.0289. The van der Waals surface area contributed by atoms with Crippen molar-refractivity contribution in [2.45, 2.75) is 18.4 Å². The first-order chi connectivity index (χ1) is 7.18. The fraction of sp³-hybridized carbons (Fsp3) is 0.364. The first-order valence-corrected chi connectivity index (χ1v) is 5.28. The fourth-order valence-corrected chi connectivity index (χ4v) is 2.26. The van der Waals surface area contributed by atoms with Crippen molar-refractivity contribution < 1.29 is 9.90 Å². The number of carbonyl (C=O) groups is 1. The molecule has 0 saturated carbocycles. The van der Waals surface area contributed by atoms with Crippen LogP contribution >= 0.6 is 11.6 Å². The highest BCUT2D eigenvalue weighted by molar-refractivity contribution is 6.30. The van der Waals surface area contributed by atoms with Crippen molar-refractivity contribution in [3.05, 3.63) is 34.9 Å². The van der Waals surface area contributed by atoms with E-state index in [0.29, 0.717) is 5.02 Å². The number of carboxylic acids is 1. The highest BCUT2D eigenvalue weighted by Gasteiger charge is 2.33. The maximum Gasteiger partial charge on any atom is 0.321 e. The van der Waals surface area contributed by atoms with Gasteiger partial charge in [-0.15, -0.1) is 0 Å². The zero-order valence-corrected chi connectivity index (χ0v) is 8.87. The van der Waals surface area contributed by atoms with Crippen LogP contribution in [0.3, 0.4) is 0 Å². The monoisotopic (exact) mass is 225 g/mol. The molecule has 1 fully saturated rings. The maximum absolute atomic E-state index is 11.0. The van der Waals surface area contributed by atoms with Crippen LogP contribution in [-0.4, -0.2) is 23.7 Å². The Hall–Kier alpha value is -1.06. The Morgan fingerprint density at radius 2 is 2.33 bits per heavy atom. The van der Waals surface area contributed by atoms with E-state index in [1.165, 1.54) is 0 Å². The molecule has 1 aliphatic rings. The third-order valence-electron chi connectivity index (χ3n) is 2.76. The Labute approximate surface area is 93.1 Å². The summed E-state index contributed by atoms with van der Waals surface area (Å²) in [6.07, 6.45) is 0.845. The van der Waals surface area contributed by atoms with E-state index in [2.05, 4.69) is 5.32 Å². The molecule has 1 heterocycles. The van der Waals surface area contributed by atoms with Crippen LogP contribution in [0.5, 0.6) is 0 Å². The topological polar surface area (TPSA) is 49.3 Å². The van der Waals surface area contributed by atoms with E-state index in [0.717, 1.165) is 18.5 Å². The first kappa shape index (κ1) is 10.5. The van der Waals surface area contributed by atoms with Crippen molar-refractivity contribution in [2.24, 2.45) is 0 Å².